The Hall–Kier alpha value is -2.11. The van der Waals surface area contributed by atoms with Gasteiger partial charge < -0.3 is 10.6 Å². The lowest BCUT2D eigenvalue weighted by molar-refractivity contribution is 0.0937. The number of halogens is 2. The zero-order valence-electron chi connectivity index (χ0n) is 14.0. The van der Waals surface area contributed by atoms with Gasteiger partial charge in [-0.15, -0.1) is 0 Å². The van der Waals surface area contributed by atoms with E-state index in [2.05, 4.69) is 15.6 Å². The maximum atomic E-state index is 12.2. The molecular weight excluding hydrogens is 361 g/mol. The van der Waals surface area contributed by atoms with Gasteiger partial charge in [-0.2, -0.15) is 0 Å². The highest BCUT2D eigenvalue weighted by atomic mass is 35.5. The lowest BCUT2D eigenvalue weighted by Gasteiger charge is -2.09. The molecule has 1 aromatic heterocycles. The third kappa shape index (κ3) is 5.73. The fourth-order valence-electron chi connectivity index (χ4n) is 2.15. The molecule has 0 saturated heterocycles. The van der Waals surface area contributed by atoms with Gasteiger partial charge in [0.05, 0.1) is 0 Å². The molecule has 2 amide bonds. The van der Waals surface area contributed by atoms with Crippen LogP contribution in [0.2, 0.25) is 10.0 Å². The van der Waals surface area contributed by atoms with E-state index >= 15 is 0 Å². The van der Waals surface area contributed by atoms with Crippen LogP contribution < -0.4 is 10.6 Å². The van der Waals surface area contributed by atoms with Crippen LogP contribution in [0.5, 0.6) is 0 Å². The first-order valence-electron chi connectivity index (χ1n) is 7.87. The molecule has 0 saturated carbocycles. The Labute approximate surface area is 156 Å². The highest BCUT2D eigenvalue weighted by molar-refractivity contribution is 6.35. The Kier molecular flexibility index (Phi) is 6.79. The lowest BCUT2D eigenvalue weighted by Crippen LogP contribution is -2.32. The number of carbonyl (C=O) groups excluding carboxylic acids is 2. The number of nitrogens with one attached hydrogen (secondary N) is 2. The number of aromatic nitrogens is 1. The summed E-state index contributed by atoms with van der Waals surface area (Å²) in [5, 5.41) is 6.64. The number of rotatable bonds is 6. The van der Waals surface area contributed by atoms with E-state index in [0.717, 1.165) is 5.56 Å². The van der Waals surface area contributed by atoms with Crippen LogP contribution in [0.4, 0.5) is 0 Å². The first-order valence-corrected chi connectivity index (χ1v) is 8.62. The van der Waals surface area contributed by atoms with Crippen molar-refractivity contribution in [3.8, 4) is 0 Å². The number of pyridine rings is 1. The summed E-state index contributed by atoms with van der Waals surface area (Å²) >= 11 is 12.0. The SMILES string of the molecule is CC(C)NC(=O)c1cccc(C(=O)NCCc2ccc(Cl)cc2Cl)n1. The number of nitrogens with zero attached hydrogens (tertiary/aromatic N) is 1. The predicted molar refractivity (Wildman–Crippen MR) is 99.3 cm³/mol. The van der Waals surface area contributed by atoms with E-state index in [1.165, 1.54) is 0 Å². The molecule has 25 heavy (non-hydrogen) atoms. The van der Waals surface area contributed by atoms with Gasteiger partial charge in [-0.25, -0.2) is 4.98 Å². The summed E-state index contributed by atoms with van der Waals surface area (Å²) in [6.45, 7) is 4.11. The third-order valence-electron chi connectivity index (χ3n) is 3.33. The maximum absolute atomic E-state index is 12.2. The molecule has 7 heteroatoms. The molecule has 0 fully saturated rings. The van der Waals surface area contributed by atoms with E-state index in [-0.39, 0.29) is 29.2 Å². The summed E-state index contributed by atoms with van der Waals surface area (Å²) in [7, 11) is 0. The summed E-state index contributed by atoms with van der Waals surface area (Å²) in [6.07, 6.45) is 0.565. The van der Waals surface area contributed by atoms with Crippen molar-refractivity contribution in [2.45, 2.75) is 26.3 Å². The molecule has 0 aliphatic heterocycles. The van der Waals surface area contributed by atoms with Crippen LogP contribution in [0, 0.1) is 0 Å². The normalized spacial score (nSPS) is 10.6. The van der Waals surface area contributed by atoms with E-state index in [4.69, 9.17) is 23.2 Å². The first-order chi connectivity index (χ1) is 11.9. The van der Waals surface area contributed by atoms with Gasteiger partial charge in [-0.3, -0.25) is 9.59 Å². The summed E-state index contributed by atoms with van der Waals surface area (Å²) in [4.78, 5) is 28.3. The first kappa shape index (κ1) is 19.2. The summed E-state index contributed by atoms with van der Waals surface area (Å²) in [5.74, 6) is -0.651. The second kappa shape index (κ2) is 8.83. The van der Waals surface area contributed by atoms with Crippen molar-refractivity contribution >= 4 is 35.0 Å². The van der Waals surface area contributed by atoms with Crippen molar-refractivity contribution < 1.29 is 9.59 Å². The highest BCUT2D eigenvalue weighted by Crippen LogP contribution is 2.21. The molecule has 132 valence electrons. The van der Waals surface area contributed by atoms with Gasteiger partial charge in [-0.1, -0.05) is 35.3 Å². The molecule has 1 aromatic carbocycles. The highest BCUT2D eigenvalue weighted by Gasteiger charge is 2.13. The van der Waals surface area contributed by atoms with Gasteiger partial charge in [0, 0.05) is 22.6 Å². The molecule has 1 heterocycles. The zero-order chi connectivity index (χ0) is 18.4. The minimum Gasteiger partial charge on any atom is -0.350 e. The van der Waals surface area contributed by atoms with Gasteiger partial charge in [0.15, 0.2) is 0 Å². The smallest absolute Gasteiger partial charge is 0.270 e. The van der Waals surface area contributed by atoms with Gasteiger partial charge in [0.1, 0.15) is 11.4 Å². The molecule has 2 rings (SSSR count). The monoisotopic (exact) mass is 379 g/mol. The van der Waals surface area contributed by atoms with E-state index in [9.17, 15) is 9.59 Å². The fourth-order valence-corrected chi connectivity index (χ4v) is 2.65. The number of hydrogen-bond acceptors (Lipinski definition) is 3. The molecule has 0 aliphatic carbocycles. The average Bonchev–Trinajstić information content (AvgIpc) is 2.56. The summed E-state index contributed by atoms with van der Waals surface area (Å²) in [6, 6.07) is 10.0. The molecule has 0 bridgehead atoms. The van der Waals surface area contributed by atoms with E-state index in [0.29, 0.717) is 23.0 Å². The predicted octanol–water partition coefficient (Wildman–Crippen LogP) is 3.50. The van der Waals surface area contributed by atoms with E-state index in [1.807, 2.05) is 19.9 Å². The second-order valence-electron chi connectivity index (χ2n) is 5.78. The molecule has 0 aliphatic rings. The van der Waals surface area contributed by atoms with Crippen molar-refractivity contribution in [3.05, 3.63) is 63.4 Å². The van der Waals surface area contributed by atoms with Gasteiger partial charge in [-0.05, 0) is 50.1 Å². The van der Waals surface area contributed by atoms with E-state index in [1.54, 1.807) is 30.3 Å². The Balaban J connectivity index is 1.95. The van der Waals surface area contributed by atoms with Crippen molar-refractivity contribution in [1.29, 1.82) is 0 Å². The van der Waals surface area contributed by atoms with Crippen LogP contribution in [0.25, 0.3) is 0 Å². The van der Waals surface area contributed by atoms with Crippen molar-refractivity contribution in [1.82, 2.24) is 15.6 Å². The van der Waals surface area contributed by atoms with Crippen LogP contribution in [-0.4, -0.2) is 29.4 Å². The topological polar surface area (TPSA) is 71.1 Å². The summed E-state index contributed by atoms with van der Waals surface area (Å²) < 4.78 is 0. The number of carbonyl (C=O) groups is 2. The zero-order valence-corrected chi connectivity index (χ0v) is 15.5. The lowest BCUT2D eigenvalue weighted by atomic mass is 10.1. The molecule has 0 atom stereocenters. The molecule has 0 unspecified atom stereocenters. The molecule has 2 N–H and O–H groups in total. The number of hydrogen-bond donors (Lipinski definition) is 2. The van der Waals surface area contributed by atoms with Gasteiger partial charge in [0.2, 0.25) is 0 Å². The van der Waals surface area contributed by atoms with Crippen LogP contribution in [0.3, 0.4) is 0 Å². The molecule has 5 nitrogen and oxygen atoms in total. The summed E-state index contributed by atoms with van der Waals surface area (Å²) in [5.41, 5.74) is 1.30. The molecular formula is C18H19Cl2N3O2. The van der Waals surface area contributed by atoms with Crippen molar-refractivity contribution in [2.75, 3.05) is 6.54 Å². The minimum absolute atomic E-state index is 0.00379. The fraction of sp³-hybridized carbons (Fsp3) is 0.278. The molecule has 0 radical (unpaired) electrons. The Bertz CT molecular complexity index is 779. The van der Waals surface area contributed by atoms with Crippen LogP contribution in [0.15, 0.2) is 36.4 Å². The van der Waals surface area contributed by atoms with Gasteiger partial charge >= 0.3 is 0 Å². The number of benzene rings is 1. The van der Waals surface area contributed by atoms with Gasteiger partial charge in [0.25, 0.3) is 11.8 Å². The largest absolute Gasteiger partial charge is 0.350 e. The van der Waals surface area contributed by atoms with Crippen LogP contribution in [0.1, 0.15) is 40.4 Å². The third-order valence-corrected chi connectivity index (χ3v) is 3.92. The number of amides is 2. The maximum Gasteiger partial charge on any atom is 0.270 e. The molecule has 2 aromatic rings. The average molecular weight is 380 g/mol. The van der Waals surface area contributed by atoms with Crippen molar-refractivity contribution in [2.24, 2.45) is 0 Å². The Morgan fingerprint density at radius 3 is 2.40 bits per heavy atom. The Morgan fingerprint density at radius 1 is 1.08 bits per heavy atom. The van der Waals surface area contributed by atoms with E-state index < -0.39 is 0 Å². The Morgan fingerprint density at radius 2 is 1.76 bits per heavy atom. The van der Waals surface area contributed by atoms with Crippen molar-refractivity contribution in [3.63, 3.8) is 0 Å². The molecule has 0 spiro atoms. The standard InChI is InChI=1S/C18H19Cl2N3O2/c1-11(2)22-18(25)16-5-3-4-15(23-16)17(24)21-9-8-12-6-7-13(19)10-14(12)20/h3-7,10-11H,8-9H2,1-2H3,(H,21,24)(H,22,25). The minimum atomic E-state index is -0.343. The van der Waals surface area contributed by atoms with Crippen LogP contribution >= 0.6 is 23.2 Å². The second-order valence-corrected chi connectivity index (χ2v) is 6.62. The van der Waals surface area contributed by atoms with Crippen LogP contribution in [-0.2, 0) is 6.42 Å². The quantitative estimate of drug-likeness (QED) is 0.806.